The largest absolute Gasteiger partial charge is 0.461 e. The van der Waals surface area contributed by atoms with Gasteiger partial charge >= 0.3 is 0 Å². The molecule has 3 N–H and O–H groups in total. The molecule has 0 aliphatic carbocycles. The molecule has 0 saturated heterocycles. The number of nitrogens with two attached hydrogens (primary N) is 1. The first-order chi connectivity index (χ1) is 6.83. The molecule has 0 radical (unpaired) electrons. The predicted molar refractivity (Wildman–Crippen MR) is 49.8 cm³/mol. The summed E-state index contributed by atoms with van der Waals surface area (Å²) in [5, 5.41) is 2.26. The van der Waals surface area contributed by atoms with E-state index in [1.54, 1.807) is 12.1 Å². The van der Waals surface area contributed by atoms with Crippen LogP contribution in [0.3, 0.4) is 0 Å². The Kier molecular flexibility index (Phi) is 2.24. The predicted octanol–water partition coefficient (Wildman–Crippen LogP) is 0.729. The monoisotopic (exact) mass is 194 g/mol. The Hall–Kier alpha value is -1.75. The maximum atomic E-state index is 11.3. The number of H-pyrrole nitrogens is 1. The number of aromatic amines is 1. The third-order valence-electron chi connectivity index (χ3n) is 1.93. The van der Waals surface area contributed by atoms with Crippen LogP contribution < -0.4 is 11.3 Å². The molecule has 5 heteroatoms. The molecular formula is C9H10N2O3. The van der Waals surface area contributed by atoms with E-state index >= 15 is 0 Å². The highest BCUT2D eigenvalue weighted by Crippen LogP contribution is 2.21. The molecule has 5 nitrogen and oxygen atoms in total. The van der Waals surface area contributed by atoms with Crippen LogP contribution in [-0.4, -0.2) is 11.7 Å². The quantitative estimate of drug-likeness (QED) is 0.754. The van der Waals surface area contributed by atoms with Gasteiger partial charge in [0.2, 0.25) is 5.76 Å². The standard InChI is InChI=1S/C9H10N2O3/c10-4-3-6-8(14-11-9(6)12)7-2-1-5-13-7/h1-2,5H,3-4,10H2,(H,11,12). The Morgan fingerprint density at radius 1 is 1.50 bits per heavy atom. The summed E-state index contributed by atoms with van der Waals surface area (Å²) in [6.45, 7) is 0.399. The van der Waals surface area contributed by atoms with Crippen molar-refractivity contribution in [2.45, 2.75) is 6.42 Å². The zero-order valence-electron chi connectivity index (χ0n) is 7.45. The molecule has 2 rings (SSSR count). The van der Waals surface area contributed by atoms with Crippen molar-refractivity contribution in [1.82, 2.24) is 5.16 Å². The molecule has 0 saturated carbocycles. The minimum absolute atomic E-state index is 0.248. The van der Waals surface area contributed by atoms with E-state index in [4.69, 9.17) is 14.7 Å². The van der Waals surface area contributed by atoms with Crippen LogP contribution in [0.15, 0.2) is 32.1 Å². The maximum absolute atomic E-state index is 11.3. The highest BCUT2D eigenvalue weighted by molar-refractivity contribution is 5.53. The van der Waals surface area contributed by atoms with Gasteiger partial charge < -0.3 is 14.7 Å². The van der Waals surface area contributed by atoms with Gasteiger partial charge in [0.15, 0.2) is 5.76 Å². The van der Waals surface area contributed by atoms with Crippen LogP contribution in [0.5, 0.6) is 0 Å². The maximum Gasteiger partial charge on any atom is 0.283 e. The molecule has 2 aromatic heterocycles. The van der Waals surface area contributed by atoms with E-state index in [1.807, 2.05) is 0 Å². The van der Waals surface area contributed by atoms with E-state index in [-0.39, 0.29) is 5.56 Å². The summed E-state index contributed by atoms with van der Waals surface area (Å²) in [5.74, 6) is 0.970. The SMILES string of the molecule is NCCc1c(-c2ccco2)o[nH]c1=O. The summed E-state index contributed by atoms with van der Waals surface area (Å²) in [6, 6.07) is 3.46. The molecule has 2 aromatic rings. The van der Waals surface area contributed by atoms with Crippen LogP contribution in [0, 0.1) is 0 Å². The fraction of sp³-hybridized carbons (Fsp3) is 0.222. The van der Waals surface area contributed by atoms with Crippen LogP contribution in [0.4, 0.5) is 0 Å². The average Bonchev–Trinajstić information content (AvgIpc) is 2.77. The first kappa shape index (κ1) is 8.83. The molecular weight excluding hydrogens is 184 g/mol. The van der Waals surface area contributed by atoms with Crippen molar-refractivity contribution in [3.8, 4) is 11.5 Å². The summed E-state index contributed by atoms with van der Waals surface area (Å²) in [7, 11) is 0. The van der Waals surface area contributed by atoms with E-state index in [9.17, 15) is 4.79 Å². The molecule has 0 aliphatic heterocycles. The summed E-state index contributed by atoms with van der Waals surface area (Å²) >= 11 is 0. The number of furan rings is 1. The van der Waals surface area contributed by atoms with Gasteiger partial charge in [0.25, 0.3) is 5.56 Å². The zero-order valence-corrected chi connectivity index (χ0v) is 7.45. The average molecular weight is 194 g/mol. The summed E-state index contributed by atoms with van der Waals surface area (Å²) in [4.78, 5) is 11.3. The van der Waals surface area contributed by atoms with Crippen molar-refractivity contribution in [3.63, 3.8) is 0 Å². The van der Waals surface area contributed by atoms with E-state index in [0.29, 0.717) is 30.0 Å². The van der Waals surface area contributed by atoms with E-state index in [2.05, 4.69) is 5.16 Å². The second kappa shape index (κ2) is 3.55. The molecule has 0 bridgehead atoms. The zero-order chi connectivity index (χ0) is 9.97. The fourth-order valence-corrected chi connectivity index (χ4v) is 1.30. The van der Waals surface area contributed by atoms with Crippen molar-refractivity contribution in [2.75, 3.05) is 6.54 Å². The van der Waals surface area contributed by atoms with Crippen LogP contribution >= 0.6 is 0 Å². The van der Waals surface area contributed by atoms with Gasteiger partial charge in [0, 0.05) is 0 Å². The topological polar surface area (TPSA) is 85.2 Å². The minimum atomic E-state index is -0.248. The lowest BCUT2D eigenvalue weighted by atomic mass is 10.1. The molecule has 0 aromatic carbocycles. The van der Waals surface area contributed by atoms with Crippen LogP contribution in [0.1, 0.15) is 5.56 Å². The Morgan fingerprint density at radius 2 is 2.36 bits per heavy atom. The van der Waals surface area contributed by atoms with E-state index in [1.165, 1.54) is 6.26 Å². The van der Waals surface area contributed by atoms with Crippen LogP contribution in [0.2, 0.25) is 0 Å². The molecule has 0 atom stereocenters. The molecule has 14 heavy (non-hydrogen) atoms. The Morgan fingerprint density at radius 3 is 3.00 bits per heavy atom. The van der Waals surface area contributed by atoms with E-state index in [0.717, 1.165) is 0 Å². The summed E-state index contributed by atoms with van der Waals surface area (Å²) in [5.41, 5.74) is 5.67. The van der Waals surface area contributed by atoms with E-state index < -0.39 is 0 Å². The molecule has 0 amide bonds. The minimum Gasteiger partial charge on any atom is -0.461 e. The lowest BCUT2D eigenvalue weighted by molar-refractivity contribution is 0.412. The number of hydrogen-bond acceptors (Lipinski definition) is 4. The molecule has 0 fully saturated rings. The number of aromatic nitrogens is 1. The van der Waals surface area contributed by atoms with Crippen molar-refractivity contribution >= 4 is 0 Å². The third kappa shape index (κ3) is 1.38. The van der Waals surface area contributed by atoms with Gasteiger partial charge in [-0.2, -0.15) is 5.16 Å². The number of hydrogen-bond donors (Lipinski definition) is 2. The van der Waals surface area contributed by atoms with Crippen molar-refractivity contribution in [2.24, 2.45) is 5.73 Å². The van der Waals surface area contributed by atoms with Crippen molar-refractivity contribution in [3.05, 3.63) is 34.3 Å². The van der Waals surface area contributed by atoms with Gasteiger partial charge in [-0.05, 0) is 25.1 Å². The molecule has 0 aliphatic rings. The van der Waals surface area contributed by atoms with Gasteiger partial charge in [-0.3, -0.25) is 4.79 Å². The highest BCUT2D eigenvalue weighted by atomic mass is 16.5. The van der Waals surface area contributed by atoms with Crippen molar-refractivity contribution in [1.29, 1.82) is 0 Å². The summed E-state index contributed by atoms with van der Waals surface area (Å²) < 4.78 is 10.1. The van der Waals surface area contributed by atoms with Gasteiger partial charge in [-0.15, -0.1) is 0 Å². The second-order valence-corrected chi connectivity index (χ2v) is 2.86. The third-order valence-corrected chi connectivity index (χ3v) is 1.93. The second-order valence-electron chi connectivity index (χ2n) is 2.86. The molecule has 0 spiro atoms. The van der Waals surface area contributed by atoms with Crippen LogP contribution in [-0.2, 0) is 6.42 Å². The lowest BCUT2D eigenvalue weighted by Gasteiger charge is -1.93. The van der Waals surface area contributed by atoms with Crippen molar-refractivity contribution < 1.29 is 8.94 Å². The van der Waals surface area contributed by atoms with Gasteiger partial charge in [-0.1, -0.05) is 0 Å². The highest BCUT2D eigenvalue weighted by Gasteiger charge is 2.15. The summed E-state index contributed by atoms with van der Waals surface area (Å²) in [6.07, 6.45) is 2.00. The Balaban J connectivity index is 2.48. The molecule has 0 unspecified atom stereocenters. The lowest BCUT2D eigenvalue weighted by Crippen LogP contribution is -2.11. The first-order valence-corrected chi connectivity index (χ1v) is 4.27. The smallest absolute Gasteiger partial charge is 0.283 e. The van der Waals surface area contributed by atoms with Gasteiger partial charge in [0.1, 0.15) is 0 Å². The van der Waals surface area contributed by atoms with Gasteiger partial charge in [0.05, 0.1) is 11.8 Å². The van der Waals surface area contributed by atoms with Gasteiger partial charge in [-0.25, -0.2) is 0 Å². The van der Waals surface area contributed by atoms with Crippen LogP contribution in [0.25, 0.3) is 11.5 Å². The Labute approximate surface area is 79.5 Å². The number of nitrogens with one attached hydrogen (secondary N) is 1. The Bertz CT molecular complexity index is 453. The molecule has 74 valence electrons. The normalized spacial score (nSPS) is 10.6. The fourth-order valence-electron chi connectivity index (χ4n) is 1.30. The number of rotatable bonds is 3. The molecule has 2 heterocycles. The first-order valence-electron chi connectivity index (χ1n) is 4.27.